The number of sulfonamides is 1. The van der Waals surface area contributed by atoms with E-state index in [9.17, 15) is 8.42 Å². The van der Waals surface area contributed by atoms with Crippen molar-refractivity contribution in [3.05, 3.63) is 71.9 Å². The Kier molecular flexibility index (Phi) is 3.82. The van der Waals surface area contributed by atoms with Crippen LogP contribution in [0.15, 0.2) is 71.2 Å². The van der Waals surface area contributed by atoms with E-state index in [0.717, 1.165) is 21.8 Å². The number of aryl methyl sites for hydroxylation is 1. The fourth-order valence-electron chi connectivity index (χ4n) is 2.58. The number of rotatable bonds is 4. The van der Waals surface area contributed by atoms with Crippen molar-refractivity contribution in [3.63, 3.8) is 0 Å². The van der Waals surface area contributed by atoms with Crippen LogP contribution in [-0.4, -0.2) is 17.8 Å². The van der Waals surface area contributed by atoms with Crippen molar-refractivity contribution in [2.45, 2.75) is 11.1 Å². The maximum atomic E-state index is 12.5. The van der Waals surface area contributed by atoms with Gasteiger partial charge in [0.15, 0.2) is 0 Å². The summed E-state index contributed by atoms with van der Waals surface area (Å²) >= 11 is 1.25. The lowest BCUT2D eigenvalue weighted by Gasteiger charge is -2.07. The van der Waals surface area contributed by atoms with Crippen LogP contribution in [0.2, 0.25) is 0 Å². The van der Waals surface area contributed by atoms with Gasteiger partial charge in [0.2, 0.25) is 0 Å². The fraction of sp³-hybridized carbons (Fsp3) is 0.0556. The van der Waals surface area contributed by atoms with E-state index in [4.69, 9.17) is 0 Å². The van der Waals surface area contributed by atoms with Gasteiger partial charge in [-0.25, -0.2) is 13.4 Å². The van der Waals surface area contributed by atoms with Crippen LogP contribution in [0, 0.1) is 6.92 Å². The molecule has 7 heteroatoms. The van der Waals surface area contributed by atoms with Gasteiger partial charge in [0.1, 0.15) is 9.86 Å². The maximum absolute atomic E-state index is 12.5. The predicted octanol–water partition coefficient (Wildman–Crippen LogP) is 4.17. The Morgan fingerprint density at radius 1 is 1.08 bits per heavy atom. The second kappa shape index (κ2) is 6.02. The summed E-state index contributed by atoms with van der Waals surface area (Å²) in [6, 6.07) is 16.5. The molecular weight excluding hydrogens is 354 g/mol. The Hall–Kier alpha value is -2.64. The molecule has 0 unspecified atom stereocenters. The van der Waals surface area contributed by atoms with Crippen LogP contribution in [0.1, 0.15) is 4.88 Å². The number of imidazole rings is 1. The first kappa shape index (κ1) is 15.9. The Morgan fingerprint density at radius 2 is 1.96 bits per heavy atom. The number of nitrogens with one attached hydrogen (secondary N) is 1. The molecule has 0 amide bonds. The van der Waals surface area contributed by atoms with Gasteiger partial charge in [-0.1, -0.05) is 18.2 Å². The van der Waals surface area contributed by atoms with Gasteiger partial charge < -0.3 is 4.40 Å². The summed E-state index contributed by atoms with van der Waals surface area (Å²) in [6.45, 7) is 1.88. The van der Waals surface area contributed by atoms with Gasteiger partial charge in [0, 0.05) is 28.5 Å². The summed E-state index contributed by atoms with van der Waals surface area (Å²) in [7, 11) is -3.57. The summed E-state index contributed by atoms with van der Waals surface area (Å²) in [5.74, 6) is 0. The van der Waals surface area contributed by atoms with E-state index in [1.165, 1.54) is 11.3 Å². The van der Waals surface area contributed by atoms with Gasteiger partial charge in [0.25, 0.3) is 10.0 Å². The third-order valence-corrected chi connectivity index (χ3v) is 6.63. The van der Waals surface area contributed by atoms with Crippen LogP contribution in [-0.2, 0) is 10.0 Å². The van der Waals surface area contributed by atoms with E-state index >= 15 is 0 Å². The number of aromatic nitrogens is 2. The van der Waals surface area contributed by atoms with Crippen LogP contribution in [0.25, 0.3) is 16.9 Å². The second-order valence-electron chi connectivity index (χ2n) is 5.64. The minimum absolute atomic E-state index is 0.308. The van der Waals surface area contributed by atoms with Crippen molar-refractivity contribution in [2.75, 3.05) is 4.72 Å². The largest absolute Gasteiger partial charge is 0.306 e. The zero-order valence-corrected chi connectivity index (χ0v) is 15.0. The minimum atomic E-state index is -3.57. The van der Waals surface area contributed by atoms with E-state index in [1.807, 2.05) is 54.0 Å². The Morgan fingerprint density at radius 3 is 2.72 bits per heavy atom. The third-order valence-electron chi connectivity index (χ3n) is 3.76. The van der Waals surface area contributed by atoms with E-state index in [0.29, 0.717) is 9.90 Å². The lowest BCUT2D eigenvalue weighted by molar-refractivity contribution is 0.603. The summed E-state index contributed by atoms with van der Waals surface area (Å²) < 4.78 is 29.8. The van der Waals surface area contributed by atoms with Crippen molar-refractivity contribution in [3.8, 4) is 11.3 Å². The smallest absolute Gasteiger partial charge is 0.271 e. The van der Waals surface area contributed by atoms with E-state index < -0.39 is 10.0 Å². The van der Waals surface area contributed by atoms with Crippen LogP contribution >= 0.6 is 11.3 Å². The van der Waals surface area contributed by atoms with E-state index in [2.05, 4.69) is 9.71 Å². The van der Waals surface area contributed by atoms with Crippen LogP contribution in [0.3, 0.4) is 0 Å². The first-order valence-corrected chi connectivity index (χ1v) is 9.95. The molecule has 0 saturated heterocycles. The van der Waals surface area contributed by atoms with Crippen LogP contribution in [0.5, 0.6) is 0 Å². The maximum Gasteiger partial charge on any atom is 0.271 e. The highest BCUT2D eigenvalue weighted by Gasteiger charge is 2.16. The average molecular weight is 369 g/mol. The molecule has 0 aliphatic carbocycles. The highest BCUT2D eigenvalue weighted by atomic mass is 32.2. The molecule has 4 rings (SSSR count). The van der Waals surface area contributed by atoms with Gasteiger partial charge in [-0.05, 0) is 43.3 Å². The molecule has 0 atom stereocenters. The zero-order chi connectivity index (χ0) is 17.4. The first-order chi connectivity index (χ1) is 12.0. The van der Waals surface area contributed by atoms with Crippen molar-refractivity contribution in [1.29, 1.82) is 0 Å². The highest BCUT2D eigenvalue weighted by molar-refractivity contribution is 7.94. The summed E-state index contributed by atoms with van der Waals surface area (Å²) in [4.78, 5) is 5.53. The number of thiophene rings is 1. The van der Waals surface area contributed by atoms with Crippen molar-refractivity contribution in [1.82, 2.24) is 9.38 Å². The normalized spacial score (nSPS) is 11.7. The quantitative estimate of drug-likeness (QED) is 0.587. The molecule has 1 N–H and O–H groups in total. The molecule has 0 bridgehead atoms. The van der Waals surface area contributed by atoms with Gasteiger partial charge in [-0.3, -0.25) is 4.72 Å². The average Bonchev–Trinajstić information content (AvgIpc) is 3.21. The van der Waals surface area contributed by atoms with Crippen molar-refractivity contribution < 1.29 is 8.42 Å². The Bertz CT molecular complexity index is 1130. The van der Waals surface area contributed by atoms with Crippen LogP contribution in [0.4, 0.5) is 5.69 Å². The molecule has 0 radical (unpaired) electrons. The highest BCUT2D eigenvalue weighted by Crippen LogP contribution is 2.26. The molecule has 3 aromatic heterocycles. The van der Waals surface area contributed by atoms with E-state index in [-0.39, 0.29) is 0 Å². The molecule has 0 aliphatic heterocycles. The number of benzene rings is 1. The Balaban J connectivity index is 1.67. The first-order valence-electron chi connectivity index (χ1n) is 7.65. The zero-order valence-electron chi connectivity index (χ0n) is 13.4. The molecule has 126 valence electrons. The monoisotopic (exact) mass is 369 g/mol. The molecule has 0 saturated carbocycles. The summed E-state index contributed by atoms with van der Waals surface area (Å²) in [6.07, 6.45) is 3.85. The van der Waals surface area contributed by atoms with Gasteiger partial charge >= 0.3 is 0 Å². The van der Waals surface area contributed by atoms with Gasteiger partial charge in [0.05, 0.1) is 5.69 Å². The molecule has 0 fully saturated rings. The summed E-state index contributed by atoms with van der Waals surface area (Å²) in [5.41, 5.74) is 3.00. The molecule has 5 nitrogen and oxygen atoms in total. The van der Waals surface area contributed by atoms with E-state index in [1.54, 1.807) is 24.3 Å². The molecule has 25 heavy (non-hydrogen) atoms. The predicted molar refractivity (Wildman–Crippen MR) is 100 cm³/mol. The topological polar surface area (TPSA) is 63.5 Å². The number of nitrogens with zero attached hydrogens (tertiary/aromatic N) is 2. The SMILES string of the molecule is Cc1ccc(S(=O)(=O)Nc2cccc(-c3cn4ccccc4n3)c2)s1. The summed E-state index contributed by atoms with van der Waals surface area (Å²) in [5, 5.41) is 0. The lowest BCUT2D eigenvalue weighted by Crippen LogP contribution is -2.11. The second-order valence-corrected chi connectivity index (χ2v) is 8.84. The van der Waals surface area contributed by atoms with Crippen molar-refractivity contribution >= 4 is 32.7 Å². The molecule has 0 aliphatic rings. The minimum Gasteiger partial charge on any atom is -0.306 e. The van der Waals surface area contributed by atoms with Crippen LogP contribution < -0.4 is 4.72 Å². The fourth-order valence-corrected chi connectivity index (χ4v) is 4.91. The molecular formula is C18H15N3O2S2. The van der Waals surface area contributed by atoms with Gasteiger partial charge in [-0.15, -0.1) is 11.3 Å². The molecule has 4 aromatic rings. The third kappa shape index (κ3) is 3.16. The van der Waals surface area contributed by atoms with Gasteiger partial charge in [-0.2, -0.15) is 0 Å². The standard InChI is InChI=1S/C18H15N3O2S2/c1-13-8-9-18(24-13)25(22,23)20-15-6-4-5-14(11-15)16-12-21-10-3-2-7-17(21)19-16/h2-12,20H,1H3. The number of hydrogen-bond donors (Lipinski definition) is 1. The Labute approximate surface area is 149 Å². The number of hydrogen-bond acceptors (Lipinski definition) is 4. The number of pyridine rings is 1. The molecule has 3 heterocycles. The van der Waals surface area contributed by atoms with Crippen molar-refractivity contribution in [2.24, 2.45) is 0 Å². The molecule has 0 spiro atoms. The number of fused-ring (bicyclic) bond motifs is 1. The number of anilines is 1. The molecule has 1 aromatic carbocycles. The lowest BCUT2D eigenvalue weighted by atomic mass is 10.1.